The van der Waals surface area contributed by atoms with Crippen molar-refractivity contribution in [1.29, 1.82) is 0 Å². The van der Waals surface area contributed by atoms with E-state index in [0.717, 1.165) is 12.3 Å². The second-order valence-electron chi connectivity index (χ2n) is 4.84. The van der Waals surface area contributed by atoms with Gasteiger partial charge < -0.3 is 24.7 Å². The van der Waals surface area contributed by atoms with Crippen molar-refractivity contribution in [2.24, 2.45) is 5.92 Å². The molecule has 0 aliphatic heterocycles. The predicted molar refractivity (Wildman–Crippen MR) is 70.8 cm³/mol. The van der Waals surface area contributed by atoms with Gasteiger partial charge in [-0.15, -0.1) is 0 Å². The van der Waals surface area contributed by atoms with E-state index in [-0.39, 0.29) is 24.7 Å². The van der Waals surface area contributed by atoms with Crippen molar-refractivity contribution in [3.8, 4) is 5.75 Å². The van der Waals surface area contributed by atoms with Gasteiger partial charge in [-0.2, -0.15) is 0 Å². The summed E-state index contributed by atoms with van der Waals surface area (Å²) in [6, 6.07) is -0.0740. The Bertz CT molecular complexity index is 564. The van der Waals surface area contributed by atoms with Crippen LogP contribution in [0.5, 0.6) is 5.75 Å². The molecule has 0 bridgehead atoms. The lowest BCUT2D eigenvalue weighted by Gasteiger charge is -2.16. The highest BCUT2D eigenvalue weighted by Crippen LogP contribution is 2.07. The number of nitrogens with one attached hydrogen (secondary N) is 1. The Balaban J connectivity index is 2.54. The van der Waals surface area contributed by atoms with E-state index in [9.17, 15) is 14.4 Å². The molecule has 1 amide bonds. The number of aromatic hydroxyl groups is 1. The van der Waals surface area contributed by atoms with Gasteiger partial charge in [0.1, 0.15) is 18.1 Å². The number of carboxylic acid groups (broad SMARTS) is 1. The van der Waals surface area contributed by atoms with Crippen LogP contribution in [0.25, 0.3) is 0 Å². The van der Waals surface area contributed by atoms with Gasteiger partial charge in [0.05, 0.1) is 0 Å². The van der Waals surface area contributed by atoms with Gasteiger partial charge in [0.2, 0.25) is 5.43 Å². The zero-order valence-electron chi connectivity index (χ0n) is 11.7. The number of hydrogen-bond donors (Lipinski definition) is 3. The zero-order valence-corrected chi connectivity index (χ0v) is 11.7. The summed E-state index contributed by atoms with van der Waals surface area (Å²) in [5.74, 6) is -1.59. The molecule has 0 aliphatic carbocycles. The Morgan fingerprint density at radius 3 is 2.62 bits per heavy atom. The second kappa shape index (κ2) is 7.32. The smallest absolute Gasteiger partial charge is 0.408 e. The molecule has 1 heterocycles. The van der Waals surface area contributed by atoms with Gasteiger partial charge in [0.15, 0.2) is 12.4 Å². The maximum Gasteiger partial charge on any atom is 0.408 e. The SMILES string of the molecule is CC(C)C[C@H](NC(=O)OCc1cc(=O)c(O)co1)C(=O)O. The van der Waals surface area contributed by atoms with Crippen molar-refractivity contribution in [2.75, 3.05) is 0 Å². The van der Waals surface area contributed by atoms with E-state index in [2.05, 4.69) is 5.32 Å². The minimum absolute atomic E-state index is 0.0312. The van der Waals surface area contributed by atoms with Gasteiger partial charge >= 0.3 is 12.1 Å². The fourth-order valence-corrected chi connectivity index (χ4v) is 1.53. The zero-order chi connectivity index (χ0) is 16.0. The number of carbonyl (C=O) groups is 2. The van der Waals surface area contributed by atoms with Crippen LogP contribution in [0.15, 0.2) is 21.5 Å². The first-order chi connectivity index (χ1) is 9.79. The molecule has 0 radical (unpaired) electrons. The first-order valence-corrected chi connectivity index (χ1v) is 6.26. The first kappa shape index (κ1) is 16.5. The molecular weight excluding hydrogens is 282 g/mol. The summed E-state index contributed by atoms with van der Waals surface area (Å²) >= 11 is 0. The van der Waals surface area contributed by atoms with Gasteiger partial charge in [-0.3, -0.25) is 4.79 Å². The molecule has 8 nitrogen and oxygen atoms in total. The van der Waals surface area contributed by atoms with Crippen molar-refractivity contribution >= 4 is 12.1 Å². The Labute approximate surface area is 120 Å². The van der Waals surface area contributed by atoms with E-state index in [1.807, 2.05) is 13.8 Å². The summed E-state index contributed by atoms with van der Waals surface area (Å²) in [5, 5.41) is 20.2. The average molecular weight is 299 g/mol. The van der Waals surface area contributed by atoms with E-state index in [4.69, 9.17) is 19.4 Å². The third kappa shape index (κ3) is 5.55. The summed E-state index contributed by atoms with van der Waals surface area (Å²) < 4.78 is 9.59. The molecule has 21 heavy (non-hydrogen) atoms. The third-order valence-corrected chi connectivity index (χ3v) is 2.51. The standard InChI is InChI=1S/C13H17NO7/c1-7(2)3-9(12(17)18)14-13(19)21-5-8-4-10(15)11(16)6-20-8/h4,6-7,9,16H,3,5H2,1-2H3,(H,14,19)(H,17,18)/t9-/m0/s1. The lowest BCUT2D eigenvalue weighted by Crippen LogP contribution is -2.41. The van der Waals surface area contributed by atoms with Crippen LogP contribution in [0.3, 0.4) is 0 Å². The van der Waals surface area contributed by atoms with E-state index in [1.165, 1.54) is 0 Å². The van der Waals surface area contributed by atoms with E-state index in [1.54, 1.807) is 0 Å². The lowest BCUT2D eigenvalue weighted by atomic mass is 10.0. The maximum atomic E-state index is 11.5. The van der Waals surface area contributed by atoms with Crippen molar-refractivity contribution < 1.29 is 29.0 Å². The Kier molecular flexibility index (Phi) is 5.77. The highest BCUT2D eigenvalue weighted by Gasteiger charge is 2.21. The van der Waals surface area contributed by atoms with Crippen LogP contribution in [0.2, 0.25) is 0 Å². The van der Waals surface area contributed by atoms with Crippen LogP contribution < -0.4 is 10.7 Å². The largest absolute Gasteiger partial charge is 0.502 e. The number of amides is 1. The summed E-state index contributed by atoms with van der Waals surface area (Å²) in [7, 11) is 0. The molecule has 0 aliphatic rings. The van der Waals surface area contributed by atoms with Crippen LogP contribution in [-0.4, -0.2) is 28.3 Å². The van der Waals surface area contributed by atoms with Crippen molar-refractivity contribution in [1.82, 2.24) is 5.32 Å². The fourth-order valence-electron chi connectivity index (χ4n) is 1.53. The maximum absolute atomic E-state index is 11.5. The number of carbonyl (C=O) groups excluding carboxylic acids is 1. The molecule has 1 atom stereocenters. The third-order valence-electron chi connectivity index (χ3n) is 2.51. The Morgan fingerprint density at radius 2 is 2.10 bits per heavy atom. The second-order valence-corrected chi connectivity index (χ2v) is 4.84. The van der Waals surface area contributed by atoms with E-state index >= 15 is 0 Å². The molecular formula is C13H17NO7. The quantitative estimate of drug-likeness (QED) is 0.717. The van der Waals surface area contributed by atoms with Crippen LogP contribution in [0, 0.1) is 5.92 Å². The first-order valence-electron chi connectivity index (χ1n) is 6.26. The molecule has 0 spiro atoms. The molecule has 1 aromatic heterocycles. The van der Waals surface area contributed by atoms with E-state index < -0.39 is 29.3 Å². The van der Waals surface area contributed by atoms with Gasteiger partial charge in [0, 0.05) is 6.07 Å². The van der Waals surface area contributed by atoms with Crippen LogP contribution in [-0.2, 0) is 16.1 Å². The Morgan fingerprint density at radius 1 is 1.43 bits per heavy atom. The number of carboxylic acids is 1. The lowest BCUT2D eigenvalue weighted by molar-refractivity contribution is -0.139. The highest BCUT2D eigenvalue weighted by atomic mass is 16.6. The molecule has 0 aromatic carbocycles. The van der Waals surface area contributed by atoms with E-state index in [0.29, 0.717) is 0 Å². The Hall–Kier alpha value is -2.51. The van der Waals surface area contributed by atoms with Gasteiger partial charge in [-0.1, -0.05) is 13.8 Å². The minimum atomic E-state index is -1.16. The number of aliphatic carboxylic acids is 1. The van der Waals surface area contributed by atoms with Crippen LogP contribution in [0.1, 0.15) is 26.0 Å². The molecule has 1 aromatic rings. The predicted octanol–water partition coefficient (Wildman–Crippen LogP) is 1.07. The van der Waals surface area contributed by atoms with Crippen molar-refractivity contribution in [2.45, 2.75) is 32.9 Å². The summed E-state index contributed by atoms with van der Waals surface area (Å²) in [5.41, 5.74) is -0.663. The highest BCUT2D eigenvalue weighted by molar-refractivity contribution is 5.79. The van der Waals surface area contributed by atoms with Crippen LogP contribution >= 0.6 is 0 Å². The molecule has 0 saturated carbocycles. The van der Waals surface area contributed by atoms with Crippen LogP contribution in [0.4, 0.5) is 4.79 Å². The molecule has 1 rings (SSSR count). The average Bonchev–Trinajstić information content (AvgIpc) is 2.38. The molecule has 0 fully saturated rings. The monoisotopic (exact) mass is 299 g/mol. The molecule has 3 N–H and O–H groups in total. The summed E-state index contributed by atoms with van der Waals surface area (Å²) in [4.78, 5) is 33.6. The number of rotatable bonds is 6. The fraction of sp³-hybridized carbons (Fsp3) is 0.462. The molecule has 8 heteroatoms. The number of hydrogen-bond acceptors (Lipinski definition) is 6. The van der Waals surface area contributed by atoms with Gasteiger partial charge in [-0.25, -0.2) is 9.59 Å². The number of ether oxygens (including phenoxy) is 1. The van der Waals surface area contributed by atoms with Gasteiger partial charge in [-0.05, 0) is 12.3 Å². The van der Waals surface area contributed by atoms with Crippen molar-refractivity contribution in [3.63, 3.8) is 0 Å². The molecule has 0 unspecified atom stereocenters. The summed E-state index contributed by atoms with van der Waals surface area (Å²) in [6.45, 7) is 3.30. The van der Waals surface area contributed by atoms with Crippen molar-refractivity contribution in [3.05, 3.63) is 28.3 Å². The summed E-state index contributed by atoms with van der Waals surface area (Å²) in [6.07, 6.45) is 0.162. The number of alkyl carbamates (subject to hydrolysis) is 1. The minimum Gasteiger partial charge on any atom is -0.502 e. The molecule has 116 valence electrons. The topological polar surface area (TPSA) is 126 Å². The normalized spacial score (nSPS) is 12.0. The molecule has 0 saturated heterocycles. The van der Waals surface area contributed by atoms with Gasteiger partial charge in [0.25, 0.3) is 0 Å².